The second-order valence-electron chi connectivity index (χ2n) is 6.64. The molecule has 30 heavy (non-hydrogen) atoms. The third kappa shape index (κ3) is 4.25. The molecule has 0 saturated heterocycles. The lowest BCUT2D eigenvalue weighted by Gasteiger charge is -2.14. The van der Waals surface area contributed by atoms with Gasteiger partial charge in [0, 0.05) is 25.3 Å². The van der Waals surface area contributed by atoms with Crippen molar-refractivity contribution < 1.29 is 13.2 Å². The zero-order valence-corrected chi connectivity index (χ0v) is 16.2. The van der Waals surface area contributed by atoms with E-state index in [0.717, 1.165) is 16.4 Å². The Morgan fingerprint density at radius 3 is 2.23 bits per heavy atom. The molecule has 0 fully saturated rings. The summed E-state index contributed by atoms with van der Waals surface area (Å²) in [6.45, 7) is 0. The molecule has 8 heteroatoms. The smallest absolute Gasteiger partial charge is 0.378 e. The van der Waals surface area contributed by atoms with Crippen molar-refractivity contribution in [3.63, 3.8) is 0 Å². The number of hydrogen-bond donors (Lipinski definition) is 0. The number of halogens is 3. The van der Waals surface area contributed by atoms with Crippen LogP contribution < -0.4 is 10.5 Å². The molecule has 0 radical (unpaired) electrons. The van der Waals surface area contributed by atoms with Crippen LogP contribution in [0.15, 0.2) is 70.6 Å². The molecule has 0 aliphatic rings. The van der Waals surface area contributed by atoms with Gasteiger partial charge >= 0.3 is 6.18 Å². The highest BCUT2D eigenvalue weighted by Gasteiger charge is 2.36. The first-order valence-electron chi connectivity index (χ1n) is 8.87. The predicted octanol–water partition coefficient (Wildman–Crippen LogP) is 4.35. The minimum absolute atomic E-state index is 0.0620. The number of nitrogens with zero attached hydrogens (tertiary/aromatic N) is 4. The van der Waals surface area contributed by atoms with Crippen LogP contribution in [-0.4, -0.2) is 25.0 Å². The molecular formula is C22H17F3N4O. The summed E-state index contributed by atoms with van der Waals surface area (Å²) in [6, 6.07) is 17.5. The summed E-state index contributed by atoms with van der Waals surface area (Å²) in [5, 5.41) is 13.3. The summed E-state index contributed by atoms with van der Waals surface area (Å²) >= 11 is 0. The van der Waals surface area contributed by atoms with Crippen LogP contribution >= 0.6 is 0 Å². The van der Waals surface area contributed by atoms with E-state index in [-0.39, 0.29) is 5.69 Å². The average molecular weight is 410 g/mol. The molecule has 0 aliphatic carbocycles. The Balaban J connectivity index is 2.19. The highest BCUT2D eigenvalue weighted by atomic mass is 19.4. The van der Waals surface area contributed by atoms with Crippen LogP contribution in [0.3, 0.4) is 0 Å². The van der Waals surface area contributed by atoms with Gasteiger partial charge in [-0.15, -0.1) is 0 Å². The SMILES string of the molecule is CN(C)c1ccc(/C=N/n2c(-c3ccccc3)cc(C(F)(F)F)c(C#N)c2=O)cc1. The fourth-order valence-corrected chi connectivity index (χ4v) is 2.84. The summed E-state index contributed by atoms with van der Waals surface area (Å²) in [7, 11) is 3.78. The fourth-order valence-electron chi connectivity index (χ4n) is 2.84. The molecule has 0 atom stereocenters. The second kappa shape index (κ2) is 8.25. The molecule has 0 spiro atoms. The Morgan fingerprint density at radius 1 is 1.07 bits per heavy atom. The van der Waals surface area contributed by atoms with Crippen molar-refractivity contribution in [3.05, 3.63) is 87.7 Å². The normalized spacial score (nSPS) is 11.5. The van der Waals surface area contributed by atoms with E-state index in [2.05, 4.69) is 5.10 Å². The first-order valence-corrected chi connectivity index (χ1v) is 8.87. The van der Waals surface area contributed by atoms with Gasteiger partial charge in [0.05, 0.1) is 17.5 Å². The average Bonchev–Trinajstić information content (AvgIpc) is 2.72. The van der Waals surface area contributed by atoms with Crippen molar-refractivity contribution in [1.29, 1.82) is 5.26 Å². The van der Waals surface area contributed by atoms with E-state index >= 15 is 0 Å². The first-order chi connectivity index (χ1) is 14.2. The zero-order chi connectivity index (χ0) is 21.9. The lowest BCUT2D eigenvalue weighted by atomic mass is 10.0. The molecule has 5 nitrogen and oxygen atoms in total. The number of hydrogen-bond acceptors (Lipinski definition) is 4. The molecule has 0 saturated carbocycles. The van der Waals surface area contributed by atoms with E-state index in [1.807, 2.05) is 31.1 Å². The summed E-state index contributed by atoms with van der Waals surface area (Å²) in [5.41, 5.74) is -1.51. The Morgan fingerprint density at radius 2 is 1.70 bits per heavy atom. The van der Waals surface area contributed by atoms with Crippen molar-refractivity contribution in [3.8, 4) is 17.3 Å². The van der Waals surface area contributed by atoms with Gasteiger partial charge in [-0.1, -0.05) is 42.5 Å². The van der Waals surface area contributed by atoms with Crippen LogP contribution in [0.2, 0.25) is 0 Å². The summed E-state index contributed by atoms with van der Waals surface area (Å²) < 4.78 is 41.2. The molecule has 152 valence electrons. The number of rotatable bonds is 4. The molecule has 0 amide bonds. The van der Waals surface area contributed by atoms with Crippen molar-refractivity contribution in [2.45, 2.75) is 6.18 Å². The molecular weight excluding hydrogens is 393 g/mol. The van der Waals surface area contributed by atoms with Crippen LogP contribution in [0.1, 0.15) is 16.7 Å². The highest BCUT2D eigenvalue weighted by molar-refractivity contribution is 5.80. The molecule has 0 bridgehead atoms. The number of alkyl halides is 3. The van der Waals surface area contributed by atoms with Crippen molar-refractivity contribution in [2.24, 2.45) is 5.10 Å². The van der Waals surface area contributed by atoms with Crippen molar-refractivity contribution in [1.82, 2.24) is 4.68 Å². The number of aromatic nitrogens is 1. The van der Waals surface area contributed by atoms with Gasteiger partial charge in [0.15, 0.2) is 0 Å². The Kier molecular flexibility index (Phi) is 5.74. The van der Waals surface area contributed by atoms with Crippen LogP contribution in [-0.2, 0) is 6.18 Å². The lowest BCUT2D eigenvalue weighted by Crippen LogP contribution is -2.26. The third-order valence-electron chi connectivity index (χ3n) is 4.40. The Bertz CT molecular complexity index is 1170. The number of nitriles is 1. The minimum Gasteiger partial charge on any atom is -0.378 e. The van der Waals surface area contributed by atoms with Crippen LogP contribution in [0.25, 0.3) is 11.3 Å². The van der Waals surface area contributed by atoms with Crippen molar-refractivity contribution in [2.75, 3.05) is 19.0 Å². The Labute approximate surface area is 170 Å². The van der Waals surface area contributed by atoms with Gasteiger partial charge in [-0.05, 0) is 23.8 Å². The van der Waals surface area contributed by atoms with E-state index in [4.69, 9.17) is 0 Å². The second-order valence-corrected chi connectivity index (χ2v) is 6.64. The largest absolute Gasteiger partial charge is 0.417 e. The highest BCUT2D eigenvalue weighted by Crippen LogP contribution is 2.33. The Hall–Kier alpha value is -3.86. The molecule has 0 N–H and O–H groups in total. The molecule has 3 rings (SSSR count). The van der Waals surface area contributed by atoms with Gasteiger partial charge < -0.3 is 4.90 Å². The minimum atomic E-state index is -4.85. The van der Waals surface area contributed by atoms with E-state index in [1.165, 1.54) is 12.3 Å². The van der Waals surface area contributed by atoms with Gasteiger partial charge in [-0.2, -0.15) is 28.2 Å². The summed E-state index contributed by atoms with van der Waals surface area (Å²) in [4.78, 5) is 14.7. The molecule has 1 heterocycles. The van der Waals surface area contributed by atoms with Gasteiger partial charge in [0.25, 0.3) is 5.56 Å². The van der Waals surface area contributed by atoms with E-state index < -0.39 is 22.9 Å². The van der Waals surface area contributed by atoms with E-state index in [0.29, 0.717) is 11.1 Å². The topological polar surface area (TPSA) is 61.4 Å². The van der Waals surface area contributed by atoms with E-state index in [9.17, 15) is 23.2 Å². The summed E-state index contributed by atoms with van der Waals surface area (Å²) in [5.74, 6) is 0. The van der Waals surface area contributed by atoms with Gasteiger partial charge in [0.1, 0.15) is 11.6 Å². The first kappa shape index (κ1) is 20.9. The van der Waals surface area contributed by atoms with Crippen LogP contribution in [0, 0.1) is 11.3 Å². The van der Waals surface area contributed by atoms with Crippen LogP contribution in [0.4, 0.5) is 18.9 Å². The summed E-state index contributed by atoms with van der Waals surface area (Å²) in [6.07, 6.45) is -3.49. The molecule has 0 aliphatic heterocycles. The number of pyridine rings is 1. The standard InChI is InChI=1S/C22H17F3N4O/c1-28(2)17-10-8-15(9-11-17)14-27-29-20(16-6-4-3-5-7-16)12-19(22(23,24)25)18(13-26)21(29)30/h3-12,14H,1-2H3/b27-14+. The predicted molar refractivity (Wildman–Crippen MR) is 110 cm³/mol. The zero-order valence-electron chi connectivity index (χ0n) is 16.2. The van der Waals surface area contributed by atoms with Crippen molar-refractivity contribution >= 4 is 11.9 Å². The fraction of sp³-hybridized carbons (Fsp3) is 0.136. The maximum atomic E-state index is 13.5. The molecule has 2 aromatic carbocycles. The maximum absolute atomic E-state index is 13.5. The quantitative estimate of drug-likeness (QED) is 0.601. The number of anilines is 1. The molecule has 0 unspecified atom stereocenters. The van der Waals surface area contributed by atoms with Gasteiger partial charge in [0.2, 0.25) is 0 Å². The monoisotopic (exact) mass is 410 g/mol. The van der Waals surface area contributed by atoms with E-state index in [1.54, 1.807) is 42.5 Å². The molecule has 3 aromatic rings. The molecule has 1 aromatic heterocycles. The maximum Gasteiger partial charge on any atom is 0.417 e. The van der Waals surface area contributed by atoms with Gasteiger partial charge in [-0.3, -0.25) is 4.79 Å². The lowest BCUT2D eigenvalue weighted by molar-refractivity contribution is -0.137. The van der Waals surface area contributed by atoms with Gasteiger partial charge in [-0.25, -0.2) is 0 Å². The third-order valence-corrected chi connectivity index (χ3v) is 4.40. The van der Waals surface area contributed by atoms with Crippen LogP contribution in [0.5, 0.6) is 0 Å². The number of benzene rings is 2.